The van der Waals surface area contributed by atoms with Crippen molar-refractivity contribution in [2.75, 3.05) is 5.32 Å². The smallest absolute Gasteiger partial charge is 0.307 e. The van der Waals surface area contributed by atoms with E-state index in [1.54, 1.807) is 18.2 Å². The van der Waals surface area contributed by atoms with E-state index in [1.165, 1.54) is 0 Å². The zero-order valence-corrected chi connectivity index (χ0v) is 15.5. The van der Waals surface area contributed by atoms with Crippen LogP contribution in [0.15, 0.2) is 30.4 Å². The van der Waals surface area contributed by atoms with Gasteiger partial charge in [0.25, 0.3) is 5.91 Å². The second-order valence-electron chi connectivity index (χ2n) is 7.47. The van der Waals surface area contributed by atoms with Crippen LogP contribution < -0.4 is 10.6 Å². The molecule has 3 rings (SSSR count). The van der Waals surface area contributed by atoms with E-state index >= 15 is 0 Å². The molecule has 0 heterocycles. The Morgan fingerprint density at radius 3 is 2.33 bits per heavy atom. The van der Waals surface area contributed by atoms with Gasteiger partial charge in [-0.2, -0.15) is 0 Å². The molecule has 2 unspecified atom stereocenters. The molecule has 2 atom stereocenters. The fraction of sp³-hybridized carbons (Fsp3) is 0.476. The van der Waals surface area contributed by atoms with Gasteiger partial charge in [0.05, 0.1) is 11.8 Å². The van der Waals surface area contributed by atoms with Crippen LogP contribution in [0.25, 0.3) is 0 Å². The van der Waals surface area contributed by atoms with E-state index < -0.39 is 17.8 Å². The Morgan fingerprint density at radius 1 is 1.04 bits per heavy atom. The minimum Gasteiger partial charge on any atom is -0.481 e. The van der Waals surface area contributed by atoms with Gasteiger partial charge >= 0.3 is 5.97 Å². The summed E-state index contributed by atoms with van der Waals surface area (Å²) in [6, 6.07) is 5.42. The molecule has 2 aliphatic rings. The molecule has 1 saturated carbocycles. The lowest BCUT2D eigenvalue weighted by atomic mass is 9.82. The number of benzene rings is 1. The highest BCUT2D eigenvalue weighted by atomic mass is 16.4. The number of anilines is 1. The molecule has 0 aromatic heterocycles. The van der Waals surface area contributed by atoms with Crippen LogP contribution in [-0.4, -0.2) is 28.9 Å². The number of allylic oxidation sites excluding steroid dienone is 2. The number of carbonyl (C=O) groups excluding carboxylic acids is 2. The Labute approximate surface area is 159 Å². The highest BCUT2D eigenvalue weighted by Gasteiger charge is 2.34. The van der Waals surface area contributed by atoms with Crippen molar-refractivity contribution in [1.82, 2.24) is 5.32 Å². The van der Waals surface area contributed by atoms with E-state index in [9.17, 15) is 19.5 Å². The normalized spacial score (nSPS) is 22.4. The van der Waals surface area contributed by atoms with E-state index in [0.717, 1.165) is 31.2 Å². The van der Waals surface area contributed by atoms with Gasteiger partial charge in [0, 0.05) is 17.3 Å². The maximum atomic E-state index is 12.6. The molecule has 1 aromatic carbocycles. The predicted molar refractivity (Wildman–Crippen MR) is 103 cm³/mol. The Kier molecular flexibility index (Phi) is 5.94. The molecule has 0 saturated heterocycles. The molecule has 2 amide bonds. The fourth-order valence-electron chi connectivity index (χ4n) is 3.89. The average Bonchev–Trinajstić information content (AvgIpc) is 3.16. The molecule has 6 heteroatoms. The lowest BCUT2D eigenvalue weighted by Crippen LogP contribution is -2.35. The molecule has 3 N–H and O–H groups in total. The van der Waals surface area contributed by atoms with Gasteiger partial charge in [0.15, 0.2) is 0 Å². The number of nitrogens with one attached hydrogen (secondary N) is 2. The summed E-state index contributed by atoms with van der Waals surface area (Å²) in [7, 11) is 0. The summed E-state index contributed by atoms with van der Waals surface area (Å²) >= 11 is 0. The predicted octanol–water partition coefficient (Wildman–Crippen LogP) is 3.27. The van der Waals surface area contributed by atoms with Gasteiger partial charge < -0.3 is 15.7 Å². The standard InChI is InChI=1S/C21H26N2O4/c1-13-12-14(19(24)22-15-6-2-3-7-15)10-11-18(13)23-20(25)16-8-4-5-9-17(16)21(26)27/h4-5,10-12,15-17H,2-3,6-9H2,1H3,(H,22,24)(H,23,25)(H,26,27). The Hall–Kier alpha value is -2.63. The zero-order valence-electron chi connectivity index (χ0n) is 15.5. The molecular weight excluding hydrogens is 344 g/mol. The SMILES string of the molecule is Cc1cc(C(=O)NC2CCCC2)ccc1NC(=O)C1CC=CCC1C(=O)O. The van der Waals surface area contributed by atoms with Gasteiger partial charge in [-0.1, -0.05) is 25.0 Å². The molecule has 27 heavy (non-hydrogen) atoms. The summed E-state index contributed by atoms with van der Waals surface area (Å²) in [5.41, 5.74) is 1.96. The third-order valence-electron chi connectivity index (χ3n) is 5.52. The van der Waals surface area contributed by atoms with Gasteiger partial charge in [-0.3, -0.25) is 14.4 Å². The average molecular weight is 370 g/mol. The van der Waals surface area contributed by atoms with Crippen LogP contribution in [-0.2, 0) is 9.59 Å². The molecule has 1 aromatic rings. The first-order valence-corrected chi connectivity index (χ1v) is 9.56. The Balaban J connectivity index is 1.66. The summed E-state index contributed by atoms with van der Waals surface area (Å²) in [6.07, 6.45) is 8.82. The molecule has 6 nitrogen and oxygen atoms in total. The third-order valence-corrected chi connectivity index (χ3v) is 5.52. The highest BCUT2D eigenvalue weighted by molar-refractivity contribution is 5.98. The number of aliphatic carboxylic acids is 1. The van der Waals surface area contributed by atoms with Crippen molar-refractivity contribution < 1.29 is 19.5 Å². The van der Waals surface area contributed by atoms with Crippen molar-refractivity contribution in [2.45, 2.75) is 51.5 Å². The minimum atomic E-state index is -0.949. The third kappa shape index (κ3) is 4.56. The topological polar surface area (TPSA) is 95.5 Å². The van der Waals surface area contributed by atoms with Crippen molar-refractivity contribution >= 4 is 23.5 Å². The highest BCUT2D eigenvalue weighted by Crippen LogP contribution is 2.28. The summed E-state index contributed by atoms with van der Waals surface area (Å²) < 4.78 is 0. The number of hydrogen-bond donors (Lipinski definition) is 3. The van der Waals surface area contributed by atoms with Gasteiger partial charge in [-0.25, -0.2) is 0 Å². The lowest BCUT2D eigenvalue weighted by molar-refractivity contribution is -0.146. The summed E-state index contributed by atoms with van der Waals surface area (Å²) in [5.74, 6) is -2.62. The van der Waals surface area contributed by atoms with Crippen LogP contribution in [0.4, 0.5) is 5.69 Å². The summed E-state index contributed by atoms with van der Waals surface area (Å²) in [6.45, 7) is 1.83. The summed E-state index contributed by atoms with van der Waals surface area (Å²) in [5, 5.41) is 15.2. The van der Waals surface area contributed by atoms with Gasteiger partial charge in [-0.05, 0) is 56.4 Å². The number of amides is 2. The monoisotopic (exact) mass is 370 g/mol. The molecule has 144 valence electrons. The minimum absolute atomic E-state index is 0.0914. The van der Waals surface area contributed by atoms with Gasteiger partial charge in [-0.15, -0.1) is 0 Å². The number of carbonyl (C=O) groups is 3. The number of rotatable bonds is 5. The molecule has 0 radical (unpaired) electrons. The number of aryl methyl sites for hydroxylation is 1. The quantitative estimate of drug-likeness (QED) is 0.693. The van der Waals surface area contributed by atoms with Gasteiger partial charge in [0.1, 0.15) is 0 Å². The number of carboxylic acid groups (broad SMARTS) is 1. The number of hydrogen-bond acceptors (Lipinski definition) is 3. The zero-order chi connectivity index (χ0) is 19.4. The second kappa shape index (κ2) is 8.37. The largest absolute Gasteiger partial charge is 0.481 e. The van der Waals surface area contributed by atoms with Crippen LogP contribution >= 0.6 is 0 Å². The molecule has 1 fully saturated rings. The first kappa shape index (κ1) is 19.1. The first-order chi connectivity index (χ1) is 13.0. The van der Waals surface area contributed by atoms with E-state index in [-0.39, 0.29) is 17.9 Å². The molecule has 0 bridgehead atoms. The van der Waals surface area contributed by atoms with E-state index in [4.69, 9.17) is 0 Å². The van der Waals surface area contributed by atoms with Crippen LogP contribution in [0.2, 0.25) is 0 Å². The summed E-state index contributed by atoms with van der Waals surface area (Å²) in [4.78, 5) is 36.4. The fourth-order valence-corrected chi connectivity index (χ4v) is 3.89. The molecular formula is C21H26N2O4. The lowest BCUT2D eigenvalue weighted by Gasteiger charge is -2.24. The van der Waals surface area contributed by atoms with Crippen LogP contribution in [0.1, 0.15) is 54.4 Å². The number of carboxylic acids is 1. The van der Waals surface area contributed by atoms with Crippen molar-refractivity contribution in [3.63, 3.8) is 0 Å². The molecule has 0 spiro atoms. The van der Waals surface area contributed by atoms with E-state index in [1.807, 2.05) is 19.1 Å². The van der Waals surface area contributed by atoms with Crippen molar-refractivity contribution in [3.8, 4) is 0 Å². The van der Waals surface area contributed by atoms with Crippen molar-refractivity contribution in [3.05, 3.63) is 41.5 Å². The Morgan fingerprint density at radius 2 is 1.70 bits per heavy atom. The van der Waals surface area contributed by atoms with Crippen LogP contribution in [0.3, 0.4) is 0 Å². The van der Waals surface area contributed by atoms with Crippen LogP contribution in [0.5, 0.6) is 0 Å². The molecule has 0 aliphatic heterocycles. The van der Waals surface area contributed by atoms with E-state index in [0.29, 0.717) is 24.1 Å². The first-order valence-electron chi connectivity index (χ1n) is 9.56. The maximum absolute atomic E-state index is 12.6. The van der Waals surface area contributed by atoms with Gasteiger partial charge in [0.2, 0.25) is 5.91 Å². The van der Waals surface area contributed by atoms with Crippen LogP contribution in [0, 0.1) is 18.8 Å². The van der Waals surface area contributed by atoms with Crippen molar-refractivity contribution in [2.24, 2.45) is 11.8 Å². The Bertz CT molecular complexity index is 765. The molecule has 2 aliphatic carbocycles. The second-order valence-corrected chi connectivity index (χ2v) is 7.47. The van der Waals surface area contributed by atoms with E-state index in [2.05, 4.69) is 10.6 Å². The van der Waals surface area contributed by atoms with Crippen molar-refractivity contribution in [1.29, 1.82) is 0 Å². The maximum Gasteiger partial charge on any atom is 0.307 e.